The number of aryl methyl sites for hydroxylation is 1. The highest BCUT2D eigenvalue weighted by molar-refractivity contribution is 6.03. The summed E-state index contributed by atoms with van der Waals surface area (Å²) in [4.78, 5) is 13.9. The van der Waals surface area contributed by atoms with E-state index in [0.717, 1.165) is 43.2 Å². The molecule has 2 aromatic carbocycles. The Balaban J connectivity index is 1.94. The molecular weight excluding hydrogens is 305 g/mol. The Hall–Kier alpha value is -2.62. The average Bonchev–Trinajstić information content (AvgIpc) is 2.85. The normalized spacial score (nSPS) is 14.5. The van der Waals surface area contributed by atoms with Crippen LogP contribution in [0.4, 0.5) is 10.1 Å². The first-order valence-electron chi connectivity index (χ1n) is 8.19. The number of halogens is 1. The molecule has 0 saturated carbocycles. The molecule has 0 saturated heterocycles. The lowest BCUT2D eigenvalue weighted by Crippen LogP contribution is -2.17. The summed E-state index contributed by atoms with van der Waals surface area (Å²) in [6.07, 6.45) is 4.14. The van der Waals surface area contributed by atoms with Crippen molar-refractivity contribution in [1.82, 2.24) is 0 Å². The summed E-state index contributed by atoms with van der Waals surface area (Å²) in [5.41, 5.74) is 4.35. The summed E-state index contributed by atoms with van der Waals surface area (Å²) in [7, 11) is 2.08. The lowest BCUT2D eigenvalue weighted by Gasteiger charge is -2.19. The lowest BCUT2D eigenvalue weighted by molar-refractivity contribution is 0.112. The minimum Gasteiger partial charge on any atom is -0.455 e. The first-order valence-corrected chi connectivity index (χ1v) is 8.19. The molecule has 3 nitrogen and oxygen atoms in total. The van der Waals surface area contributed by atoms with Crippen LogP contribution in [-0.4, -0.2) is 19.9 Å². The minimum absolute atomic E-state index is 0.309. The van der Waals surface area contributed by atoms with Crippen molar-refractivity contribution in [2.45, 2.75) is 19.3 Å². The molecule has 122 valence electrons. The van der Waals surface area contributed by atoms with Gasteiger partial charge in [-0.05, 0) is 55.2 Å². The van der Waals surface area contributed by atoms with Crippen molar-refractivity contribution in [3.63, 3.8) is 0 Å². The summed E-state index contributed by atoms with van der Waals surface area (Å²) >= 11 is 0. The van der Waals surface area contributed by atoms with Crippen molar-refractivity contribution in [1.29, 1.82) is 0 Å². The van der Waals surface area contributed by atoms with Crippen molar-refractivity contribution >= 4 is 22.9 Å². The maximum absolute atomic E-state index is 13.2. The molecule has 1 aliphatic rings. The number of hydrogen-bond donors (Lipinski definition) is 0. The molecule has 0 amide bonds. The second-order valence-corrected chi connectivity index (χ2v) is 6.33. The smallest absolute Gasteiger partial charge is 0.154 e. The Kier molecular flexibility index (Phi) is 3.60. The van der Waals surface area contributed by atoms with Gasteiger partial charge < -0.3 is 9.32 Å². The zero-order valence-corrected chi connectivity index (χ0v) is 13.5. The Morgan fingerprint density at radius 2 is 1.96 bits per heavy atom. The molecule has 0 atom stereocenters. The highest BCUT2D eigenvalue weighted by Gasteiger charge is 2.20. The summed E-state index contributed by atoms with van der Waals surface area (Å²) < 4.78 is 19.2. The Bertz CT molecular complexity index is 912. The molecule has 0 bridgehead atoms. The molecule has 0 unspecified atom stereocenters. The van der Waals surface area contributed by atoms with Gasteiger partial charge in [0.05, 0.1) is 5.56 Å². The van der Waals surface area contributed by atoms with E-state index in [9.17, 15) is 9.18 Å². The fraction of sp³-hybridized carbons (Fsp3) is 0.250. The van der Waals surface area contributed by atoms with Gasteiger partial charge in [-0.1, -0.05) is 0 Å². The Morgan fingerprint density at radius 1 is 1.17 bits per heavy atom. The summed E-state index contributed by atoms with van der Waals surface area (Å²) in [6.45, 7) is 1.02. The number of aldehydes is 1. The van der Waals surface area contributed by atoms with Gasteiger partial charge in [0.15, 0.2) is 6.29 Å². The van der Waals surface area contributed by atoms with Crippen LogP contribution in [0, 0.1) is 5.82 Å². The second kappa shape index (κ2) is 5.78. The van der Waals surface area contributed by atoms with Crippen molar-refractivity contribution in [3.8, 4) is 11.3 Å². The predicted octanol–water partition coefficient (Wildman–Crippen LogP) is 4.82. The lowest BCUT2D eigenvalue weighted by atomic mass is 10.0. The standard InChI is InChI=1S/C20H18FNO2/c1-22-9-3-2-4-14-10-16-17(12-23)20(24-19(16)11-18(14)22)13-5-7-15(21)8-6-13/h5-8,10-12H,2-4,9H2,1H3. The molecule has 4 rings (SSSR count). The fourth-order valence-electron chi connectivity index (χ4n) is 3.47. The van der Waals surface area contributed by atoms with Crippen molar-refractivity contribution in [3.05, 3.63) is 53.3 Å². The van der Waals surface area contributed by atoms with Gasteiger partial charge >= 0.3 is 0 Å². The molecule has 0 radical (unpaired) electrons. The number of carbonyl (C=O) groups is 1. The Morgan fingerprint density at radius 3 is 2.71 bits per heavy atom. The maximum atomic E-state index is 13.2. The van der Waals surface area contributed by atoms with E-state index in [-0.39, 0.29) is 5.82 Å². The van der Waals surface area contributed by atoms with Crippen LogP contribution in [0.15, 0.2) is 40.8 Å². The van der Waals surface area contributed by atoms with E-state index in [1.165, 1.54) is 17.7 Å². The monoisotopic (exact) mass is 323 g/mol. The van der Waals surface area contributed by atoms with E-state index >= 15 is 0 Å². The highest BCUT2D eigenvalue weighted by Crippen LogP contribution is 2.37. The molecule has 4 heteroatoms. The van der Waals surface area contributed by atoms with Crippen molar-refractivity contribution in [2.24, 2.45) is 0 Å². The third-order valence-corrected chi connectivity index (χ3v) is 4.75. The van der Waals surface area contributed by atoms with Gasteiger partial charge in [0, 0.05) is 36.3 Å². The molecular formula is C20H18FNO2. The van der Waals surface area contributed by atoms with Crippen molar-refractivity contribution in [2.75, 3.05) is 18.5 Å². The molecule has 24 heavy (non-hydrogen) atoms. The number of fused-ring (bicyclic) bond motifs is 2. The first kappa shape index (κ1) is 14.9. The van der Waals surface area contributed by atoms with Crippen LogP contribution in [0.5, 0.6) is 0 Å². The van der Waals surface area contributed by atoms with E-state index in [0.29, 0.717) is 22.5 Å². The maximum Gasteiger partial charge on any atom is 0.154 e. The minimum atomic E-state index is -0.309. The van der Waals surface area contributed by atoms with Crippen LogP contribution in [0.1, 0.15) is 28.8 Å². The highest BCUT2D eigenvalue weighted by atomic mass is 19.1. The third kappa shape index (κ3) is 2.39. The number of furan rings is 1. The van der Waals surface area contributed by atoms with Crippen LogP contribution in [0.3, 0.4) is 0 Å². The molecule has 1 aliphatic heterocycles. The van der Waals surface area contributed by atoms with Gasteiger partial charge in [-0.25, -0.2) is 4.39 Å². The van der Waals surface area contributed by atoms with Gasteiger partial charge in [0.2, 0.25) is 0 Å². The van der Waals surface area contributed by atoms with Crippen LogP contribution >= 0.6 is 0 Å². The molecule has 0 N–H and O–H groups in total. The molecule has 2 heterocycles. The van der Waals surface area contributed by atoms with Gasteiger partial charge in [0.1, 0.15) is 17.2 Å². The summed E-state index contributed by atoms with van der Waals surface area (Å²) in [6, 6.07) is 10.1. The predicted molar refractivity (Wildman–Crippen MR) is 93.2 cm³/mol. The number of anilines is 1. The quantitative estimate of drug-likeness (QED) is 0.634. The molecule has 0 fully saturated rings. The number of benzene rings is 2. The summed E-state index contributed by atoms with van der Waals surface area (Å²) in [5, 5.41) is 0.832. The topological polar surface area (TPSA) is 33.5 Å². The second-order valence-electron chi connectivity index (χ2n) is 6.33. The Labute approximate surface area is 139 Å². The number of nitrogens with zero attached hydrogens (tertiary/aromatic N) is 1. The molecule has 0 aliphatic carbocycles. The first-order chi connectivity index (χ1) is 11.7. The zero-order chi connectivity index (χ0) is 16.7. The van der Waals surface area contributed by atoms with Crippen molar-refractivity contribution < 1.29 is 13.6 Å². The van der Waals surface area contributed by atoms with E-state index in [2.05, 4.69) is 18.0 Å². The van der Waals surface area contributed by atoms with Gasteiger partial charge in [0.25, 0.3) is 0 Å². The van der Waals surface area contributed by atoms with E-state index < -0.39 is 0 Å². The molecule has 3 aromatic rings. The molecule has 0 spiro atoms. The molecule has 1 aromatic heterocycles. The van der Waals surface area contributed by atoms with E-state index in [1.54, 1.807) is 12.1 Å². The van der Waals surface area contributed by atoms with E-state index in [1.807, 2.05) is 6.07 Å². The number of hydrogen-bond acceptors (Lipinski definition) is 3. The number of carbonyl (C=O) groups excluding carboxylic acids is 1. The average molecular weight is 323 g/mol. The zero-order valence-electron chi connectivity index (χ0n) is 13.5. The fourth-order valence-corrected chi connectivity index (χ4v) is 3.47. The summed E-state index contributed by atoms with van der Waals surface area (Å²) in [5.74, 6) is 0.193. The van der Waals surface area contributed by atoms with Gasteiger partial charge in [-0.3, -0.25) is 4.79 Å². The van der Waals surface area contributed by atoms with Gasteiger partial charge in [-0.15, -0.1) is 0 Å². The van der Waals surface area contributed by atoms with Crippen LogP contribution in [0.25, 0.3) is 22.3 Å². The van der Waals surface area contributed by atoms with Crippen LogP contribution < -0.4 is 4.90 Å². The third-order valence-electron chi connectivity index (χ3n) is 4.75. The number of rotatable bonds is 2. The van der Waals surface area contributed by atoms with E-state index in [4.69, 9.17) is 4.42 Å². The SMILES string of the molecule is CN1CCCCc2cc3c(C=O)c(-c4ccc(F)cc4)oc3cc21. The largest absolute Gasteiger partial charge is 0.455 e. The van der Waals surface area contributed by atoms with Gasteiger partial charge in [-0.2, -0.15) is 0 Å². The van der Waals surface area contributed by atoms with Crippen LogP contribution in [-0.2, 0) is 6.42 Å². The van der Waals surface area contributed by atoms with Crippen LogP contribution in [0.2, 0.25) is 0 Å².